The summed E-state index contributed by atoms with van der Waals surface area (Å²) >= 11 is 0. The van der Waals surface area contributed by atoms with E-state index < -0.39 is 5.60 Å². The normalized spacial score (nSPS) is 18.7. The van der Waals surface area contributed by atoms with E-state index in [1.165, 1.54) is 0 Å². The van der Waals surface area contributed by atoms with Gasteiger partial charge in [-0.1, -0.05) is 0 Å². The summed E-state index contributed by atoms with van der Waals surface area (Å²) in [5, 5.41) is 9.95. The zero-order valence-corrected chi connectivity index (χ0v) is 3.32. The molecule has 0 aliphatic carbocycles. The van der Waals surface area contributed by atoms with Crippen LogP contribution in [0.1, 0.15) is 0 Å². The van der Waals surface area contributed by atoms with Crippen LogP contribution in [0.25, 0.3) is 0 Å². The first-order valence-electron chi connectivity index (χ1n) is 1.41. The molecule has 0 saturated carbocycles. The quantitative estimate of drug-likeness (QED) is 0.280. The van der Waals surface area contributed by atoms with Crippen LogP contribution in [0.5, 0.6) is 0 Å². The van der Waals surface area contributed by atoms with E-state index in [9.17, 15) is 5.11 Å². The second kappa shape index (κ2) is 1.38. The molecule has 0 rings (SSSR count). The van der Waals surface area contributed by atoms with Crippen molar-refractivity contribution in [1.29, 1.82) is 0 Å². The molecule has 0 saturated heterocycles. The molecule has 0 unspecified atom stereocenters. The molecule has 0 aromatic rings. The summed E-state index contributed by atoms with van der Waals surface area (Å²) in [6.45, 7) is 5.85. The molecule has 0 aromatic heterocycles. The summed E-state index contributed by atoms with van der Waals surface area (Å²) in [5.41, 5.74) is -1.79. The molecule has 0 aromatic carbocycles. The number of rotatable bonds is 0. The van der Waals surface area contributed by atoms with Crippen molar-refractivity contribution < 1.29 is 5.11 Å². The molecule has 6 heavy (non-hydrogen) atoms. The molecule has 1 nitrogen and oxygen atoms in total. The van der Waals surface area contributed by atoms with Gasteiger partial charge in [0.1, 0.15) is 0 Å². The summed E-state index contributed by atoms with van der Waals surface area (Å²) in [7, 11) is 0. The Hall–Kier alpha value is -0.390. The molecule has 0 heterocycles. The van der Waals surface area contributed by atoms with Gasteiger partial charge >= 0.3 is 36.9 Å². The number of hydrogen-bond donors (Lipinski definition) is 0. The van der Waals surface area contributed by atoms with E-state index in [1.54, 1.807) is 5.92 Å². The summed E-state index contributed by atoms with van der Waals surface area (Å²) in [6, 6.07) is 0. The maximum absolute atomic E-state index is 9.95. The summed E-state index contributed by atoms with van der Waals surface area (Å²) in [4.78, 5) is 0. The molecule has 0 N–H and O–H groups in total. The van der Waals surface area contributed by atoms with E-state index in [-0.39, 0.29) is 0 Å². The van der Waals surface area contributed by atoms with Crippen LogP contribution in [-0.2, 0) is 0 Å². The SMILES string of the molecule is [C+]#CC([CH2+])([CH2-])[O-]. The van der Waals surface area contributed by atoms with Crippen LogP contribution in [0.2, 0.25) is 0 Å². The molecular weight excluding hydrogens is 76.1 g/mol. The van der Waals surface area contributed by atoms with Gasteiger partial charge in [0.15, 0.2) is 0 Å². The van der Waals surface area contributed by atoms with Crippen molar-refractivity contribution in [2.24, 2.45) is 0 Å². The van der Waals surface area contributed by atoms with Crippen molar-refractivity contribution in [2.45, 2.75) is 5.60 Å². The Morgan fingerprint density at radius 1 is 2.00 bits per heavy atom. The van der Waals surface area contributed by atoms with Crippen molar-refractivity contribution in [3.63, 3.8) is 0 Å². The molecule has 0 fully saturated rings. The van der Waals surface area contributed by atoms with Crippen molar-refractivity contribution >= 4 is 0 Å². The van der Waals surface area contributed by atoms with E-state index in [2.05, 4.69) is 13.8 Å². The van der Waals surface area contributed by atoms with Gasteiger partial charge < -0.3 is 0 Å². The first-order chi connectivity index (χ1) is 2.56. The zero-order valence-electron chi connectivity index (χ0n) is 3.32. The average Bonchev–Trinajstić information content (AvgIpc) is 1.35. The van der Waals surface area contributed by atoms with Crippen molar-refractivity contribution in [1.82, 2.24) is 0 Å². The van der Waals surface area contributed by atoms with Gasteiger partial charge in [-0.3, -0.25) is 0 Å². The molecule has 0 atom stereocenters. The molecular formula is C5H4O. The van der Waals surface area contributed by atoms with E-state index in [4.69, 9.17) is 6.42 Å². The van der Waals surface area contributed by atoms with Crippen LogP contribution in [0.3, 0.4) is 0 Å². The van der Waals surface area contributed by atoms with Crippen molar-refractivity contribution in [2.75, 3.05) is 0 Å². The standard InChI is InChI=1S/C5H4O/c1-4-5(2,3)6/h2-3H2. The number of hydrogen-bond acceptors (Lipinski definition) is 1. The topological polar surface area (TPSA) is 23.1 Å². The fourth-order valence-electron chi connectivity index (χ4n) is 0. The fraction of sp³-hybridized carbons (Fsp3) is 0.200. The van der Waals surface area contributed by atoms with Crippen LogP contribution < -0.4 is 5.11 Å². The zero-order chi connectivity index (χ0) is 5.21. The summed E-state index contributed by atoms with van der Waals surface area (Å²) in [6.07, 6.45) is 6.17. The Bertz CT molecular complexity index is 70.9. The van der Waals surface area contributed by atoms with Gasteiger partial charge in [-0.05, 0) is 0 Å². The summed E-state index contributed by atoms with van der Waals surface area (Å²) < 4.78 is 0. The molecule has 0 aliphatic rings. The van der Waals surface area contributed by atoms with Crippen molar-refractivity contribution in [3.8, 4) is 5.92 Å². The fourth-order valence-corrected chi connectivity index (χ4v) is 0. The third kappa shape index (κ3) is 3.61. The van der Waals surface area contributed by atoms with Gasteiger partial charge in [0.25, 0.3) is 0 Å². The van der Waals surface area contributed by atoms with Gasteiger partial charge in [0, 0.05) is 0 Å². The third-order valence-corrected chi connectivity index (χ3v) is 0.228. The first-order valence-corrected chi connectivity index (χ1v) is 1.41. The Morgan fingerprint density at radius 2 is 2.17 bits per heavy atom. The molecule has 0 spiro atoms. The van der Waals surface area contributed by atoms with Gasteiger partial charge in [0.2, 0.25) is 0 Å². The minimum absolute atomic E-state index is 1.58. The Morgan fingerprint density at radius 3 is 2.17 bits per heavy atom. The van der Waals surface area contributed by atoms with Gasteiger partial charge in [-0.25, -0.2) is 0 Å². The van der Waals surface area contributed by atoms with Crippen LogP contribution in [0.4, 0.5) is 0 Å². The predicted octanol–water partition coefficient (Wildman–Crippen LogP) is -0.657. The van der Waals surface area contributed by atoms with Crippen LogP contribution in [-0.4, -0.2) is 5.60 Å². The summed E-state index contributed by atoms with van der Waals surface area (Å²) in [5.74, 6) is 1.58. The Balaban J connectivity index is 3.55. The predicted molar refractivity (Wildman–Crippen MR) is 20.6 cm³/mol. The van der Waals surface area contributed by atoms with Crippen LogP contribution in [0.15, 0.2) is 0 Å². The van der Waals surface area contributed by atoms with Crippen LogP contribution in [0, 0.1) is 26.2 Å². The molecule has 1 heteroatoms. The van der Waals surface area contributed by atoms with Crippen molar-refractivity contribution in [3.05, 3.63) is 20.3 Å². The monoisotopic (exact) mass is 80.0 g/mol. The van der Waals surface area contributed by atoms with Crippen LogP contribution >= 0.6 is 0 Å². The molecule has 0 bridgehead atoms. The minimum atomic E-state index is -1.79. The van der Waals surface area contributed by atoms with Gasteiger partial charge in [0.05, 0.1) is 0 Å². The molecule has 0 aliphatic heterocycles. The second-order valence-corrected chi connectivity index (χ2v) is 1.12. The van der Waals surface area contributed by atoms with E-state index in [0.717, 1.165) is 0 Å². The van der Waals surface area contributed by atoms with E-state index >= 15 is 0 Å². The Labute approximate surface area is 38.0 Å². The average molecular weight is 80.1 g/mol. The third-order valence-electron chi connectivity index (χ3n) is 0.228. The maximum atomic E-state index is 9.95. The van der Waals surface area contributed by atoms with Gasteiger partial charge in [-0.15, -0.1) is 0 Å². The molecule has 0 amide bonds. The van der Waals surface area contributed by atoms with E-state index in [0.29, 0.717) is 0 Å². The Kier molecular flexibility index (Phi) is 1.29. The first kappa shape index (κ1) is 5.61. The van der Waals surface area contributed by atoms with E-state index in [1.807, 2.05) is 0 Å². The second-order valence-electron chi connectivity index (χ2n) is 1.12. The molecule has 30 valence electrons. The van der Waals surface area contributed by atoms with Gasteiger partial charge in [-0.2, -0.15) is 0 Å². The molecule has 0 radical (unpaired) electrons.